The first-order valence-electron chi connectivity index (χ1n) is 21.2. The standard InChI is InChI=1S/C58H37N3O/c1-2-21-45-38(15-1)31-33-50-51-35-39(32-34-57(51)62-58(45)50)44-20-3-8-26-52(44)59(40-16-13-18-42(36-40)60-53-27-9-4-22-46(53)47-23-5-10-28-54(47)60)41-17-14-19-43(37-41)61-55-29-11-6-24-48(55)49-25-7-12-30-56(49)61/h1-37H. The van der Waals surface area contributed by atoms with E-state index in [1.54, 1.807) is 0 Å². The fraction of sp³-hybridized carbons (Fsp3) is 0. The zero-order chi connectivity index (χ0) is 40.7. The highest BCUT2D eigenvalue weighted by atomic mass is 16.3. The van der Waals surface area contributed by atoms with Crippen LogP contribution in [0.25, 0.3) is 98.8 Å². The Morgan fingerprint density at radius 3 is 1.42 bits per heavy atom. The van der Waals surface area contributed by atoms with Gasteiger partial charge in [0, 0.05) is 66.0 Å². The second-order valence-corrected chi connectivity index (χ2v) is 16.1. The van der Waals surface area contributed by atoms with E-state index >= 15 is 0 Å². The van der Waals surface area contributed by atoms with Gasteiger partial charge in [0.1, 0.15) is 11.2 Å². The van der Waals surface area contributed by atoms with Crippen molar-refractivity contribution in [2.45, 2.75) is 0 Å². The van der Waals surface area contributed by atoms with Crippen LogP contribution in [-0.4, -0.2) is 9.13 Å². The van der Waals surface area contributed by atoms with Gasteiger partial charge in [-0.2, -0.15) is 0 Å². The summed E-state index contributed by atoms with van der Waals surface area (Å²) in [5.74, 6) is 0. The molecular formula is C58H37N3O. The van der Waals surface area contributed by atoms with E-state index in [1.807, 2.05) is 0 Å². The lowest BCUT2D eigenvalue weighted by Gasteiger charge is -2.29. The smallest absolute Gasteiger partial charge is 0.143 e. The molecule has 0 aliphatic heterocycles. The molecule has 0 aliphatic carbocycles. The largest absolute Gasteiger partial charge is 0.455 e. The third-order valence-electron chi connectivity index (χ3n) is 12.7. The van der Waals surface area contributed by atoms with Crippen LogP contribution in [0.15, 0.2) is 229 Å². The molecule has 13 aromatic rings. The molecule has 13 rings (SSSR count). The first-order valence-corrected chi connectivity index (χ1v) is 21.2. The van der Waals surface area contributed by atoms with E-state index in [2.05, 4.69) is 238 Å². The maximum atomic E-state index is 6.58. The monoisotopic (exact) mass is 791 g/mol. The number of aromatic nitrogens is 2. The predicted octanol–water partition coefficient (Wildman–Crippen LogP) is 16.1. The van der Waals surface area contributed by atoms with E-state index in [0.29, 0.717) is 0 Å². The molecule has 0 unspecified atom stereocenters. The topological polar surface area (TPSA) is 26.2 Å². The van der Waals surface area contributed by atoms with Crippen LogP contribution >= 0.6 is 0 Å². The molecular weight excluding hydrogens is 755 g/mol. The first kappa shape index (κ1) is 34.5. The molecule has 62 heavy (non-hydrogen) atoms. The average Bonchev–Trinajstić information content (AvgIpc) is 4.00. The Labute approximate surface area is 357 Å². The number of rotatable bonds is 6. The van der Waals surface area contributed by atoms with E-state index < -0.39 is 0 Å². The van der Waals surface area contributed by atoms with Gasteiger partial charge in [-0.05, 0) is 95.9 Å². The van der Waals surface area contributed by atoms with Crippen LogP contribution < -0.4 is 4.90 Å². The Kier molecular flexibility index (Phi) is 7.57. The molecule has 10 aromatic carbocycles. The summed E-state index contributed by atoms with van der Waals surface area (Å²) in [5, 5.41) is 9.48. The van der Waals surface area contributed by atoms with Crippen LogP contribution in [0.5, 0.6) is 0 Å². The summed E-state index contributed by atoms with van der Waals surface area (Å²) in [6, 6.07) is 81.1. The number of fused-ring (bicyclic) bond motifs is 11. The summed E-state index contributed by atoms with van der Waals surface area (Å²) < 4.78 is 11.4. The van der Waals surface area contributed by atoms with E-state index in [-0.39, 0.29) is 0 Å². The molecule has 0 bridgehead atoms. The highest BCUT2D eigenvalue weighted by Gasteiger charge is 2.22. The normalized spacial score (nSPS) is 11.9. The van der Waals surface area contributed by atoms with Crippen molar-refractivity contribution in [2.24, 2.45) is 0 Å². The van der Waals surface area contributed by atoms with Crippen molar-refractivity contribution in [3.8, 4) is 22.5 Å². The molecule has 290 valence electrons. The van der Waals surface area contributed by atoms with Crippen molar-refractivity contribution >= 4 is 93.4 Å². The highest BCUT2D eigenvalue weighted by Crippen LogP contribution is 2.45. The number of hydrogen-bond donors (Lipinski definition) is 0. The van der Waals surface area contributed by atoms with Gasteiger partial charge in [-0.25, -0.2) is 0 Å². The van der Waals surface area contributed by atoms with E-state index in [9.17, 15) is 0 Å². The van der Waals surface area contributed by atoms with Gasteiger partial charge in [0.25, 0.3) is 0 Å². The van der Waals surface area contributed by atoms with Gasteiger partial charge >= 0.3 is 0 Å². The van der Waals surface area contributed by atoms with Gasteiger partial charge in [-0.3, -0.25) is 0 Å². The number of furan rings is 1. The van der Waals surface area contributed by atoms with Gasteiger partial charge < -0.3 is 18.5 Å². The SMILES string of the molecule is c1cc(N(c2cccc(-n3c4ccccc4c4ccccc43)c2)c2ccccc2-c2ccc3oc4c5ccccc5ccc4c3c2)cc(-n2c3ccccc3c3ccccc32)c1. The minimum Gasteiger partial charge on any atom is -0.455 e. The van der Waals surface area contributed by atoms with E-state index in [1.165, 1.54) is 49.0 Å². The Bertz CT molecular complexity index is 3640. The molecule has 0 spiro atoms. The second kappa shape index (κ2) is 13.6. The van der Waals surface area contributed by atoms with Crippen molar-refractivity contribution in [3.05, 3.63) is 224 Å². The Balaban J connectivity index is 1.04. The summed E-state index contributed by atoms with van der Waals surface area (Å²) in [5.41, 5.74) is 14.1. The van der Waals surface area contributed by atoms with Crippen LogP contribution in [0.3, 0.4) is 0 Å². The minimum absolute atomic E-state index is 0.882. The van der Waals surface area contributed by atoms with E-state index in [4.69, 9.17) is 4.42 Å². The number of hydrogen-bond acceptors (Lipinski definition) is 2. The molecule has 0 saturated heterocycles. The van der Waals surface area contributed by atoms with E-state index in [0.717, 1.165) is 66.9 Å². The zero-order valence-electron chi connectivity index (χ0n) is 33.6. The minimum atomic E-state index is 0.882. The zero-order valence-corrected chi connectivity index (χ0v) is 33.6. The van der Waals surface area contributed by atoms with Crippen molar-refractivity contribution < 1.29 is 4.42 Å². The molecule has 0 radical (unpaired) electrons. The number of benzene rings is 10. The molecule has 0 saturated carbocycles. The first-order chi connectivity index (χ1) is 30.8. The lowest BCUT2D eigenvalue weighted by molar-refractivity contribution is 0.672. The van der Waals surface area contributed by atoms with Gasteiger partial charge in [0.15, 0.2) is 0 Å². The fourth-order valence-electron chi connectivity index (χ4n) is 9.96. The summed E-state index contributed by atoms with van der Waals surface area (Å²) in [7, 11) is 0. The maximum Gasteiger partial charge on any atom is 0.143 e. The highest BCUT2D eigenvalue weighted by molar-refractivity contribution is 6.16. The summed E-state index contributed by atoms with van der Waals surface area (Å²) in [4.78, 5) is 2.43. The van der Waals surface area contributed by atoms with Crippen LogP contribution in [-0.2, 0) is 0 Å². The summed E-state index contributed by atoms with van der Waals surface area (Å²) in [6.07, 6.45) is 0. The molecule has 0 atom stereocenters. The lowest BCUT2D eigenvalue weighted by atomic mass is 9.99. The number of anilines is 3. The van der Waals surface area contributed by atoms with Gasteiger partial charge in [0.05, 0.1) is 27.8 Å². The van der Waals surface area contributed by atoms with Crippen LogP contribution in [0.2, 0.25) is 0 Å². The predicted molar refractivity (Wildman–Crippen MR) is 260 cm³/mol. The van der Waals surface area contributed by atoms with Crippen molar-refractivity contribution in [1.82, 2.24) is 9.13 Å². The Morgan fingerprint density at radius 1 is 0.339 bits per heavy atom. The van der Waals surface area contributed by atoms with Crippen molar-refractivity contribution in [1.29, 1.82) is 0 Å². The molecule has 3 aromatic heterocycles. The molecule has 0 aliphatic rings. The van der Waals surface area contributed by atoms with Crippen LogP contribution in [0.1, 0.15) is 0 Å². The lowest BCUT2D eigenvalue weighted by Crippen LogP contribution is -2.12. The number of nitrogens with zero attached hydrogens (tertiary/aromatic N) is 3. The molecule has 3 heterocycles. The third kappa shape index (κ3) is 5.20. The maximum absolute atomic E-state index is 6.58. The molecule has 0 N–H and O–H groups in total. The molecule has 4 heteroatoms. The summed E-state index contributed by atoms with van der Waals surface area (Å²) in [6.45, 7) is 0. The molecule has 4 nitrogen and oxygen atoms in total. The van der Waals surface area contributed by atoms with Crippen molar-refractivity contribution in [2.75, 3.05) is 4.90 Å². The average molecular weight is 792 g/mol. The Hall–Kier alpha value is -8.34. The van der Waals surface area contributed by atoms with Gasteiger partial charge in [0.2, 0.25) is 0 Å². The van der Waals surface area contributed by atoms with Crippen LogP contribution in [0, 0.1) is 0 Å². The fourth-order valence-corrected chi connectivity index (χ4v) is 9.96. The van der Waals surface area contributed by atoms with Gasteiger partial charge in [-0.15, -0.1) is 0 Å². The van der Waals surface area contributed by atoms with Crippen LogP contribution in [0.4, 0.5) is 17.1 Å². The molecule has 0 fully saturated rings. The number of para-hydroxylation sites is 5. The third-order valence-corrected chi connectivity index (χ3v) is 12.7. The van der Waals surface area contributed by atoms with Crippen molar-refractivity contribution in [3.63, 3.8) is 0 Å². The molecule has 0 amide bonds. The summed E-state index contributed by atoms with van der Waals surface area (Å²) >= 11 is 0. The Morgan fingerprint density at radius 2 is 0.839 bits per heavy atom. The quantitative estimate of drug-likeness (QED) is 0.168. The van der Waals surface area contributed by atoms with Gasteiger partial charge in [-0.1, -0.05) is 140 Å². The second-order valence-electron chi connectivity index (χ2n) is 16.1.